The summed E-state index contributed by atoms with van der Waals surface area (Å²) in [7, 11) is 0. The predicted octanol–water partition coefficient (Wildman–Crippen LogP) is 1.25. The molecule has 0 spiro atoms. The molecule has 66 valence electrons. The lowest BCUT2D eigenvalue weighted by Gasteiger charge is -1.97. The van der Waals surface area contributed by atoms with E-state index in [1.165, 1.54) is 6.92 Å². The number of allylic oxidation sites excluding steroid dienone is 2. The van der Waals surface area contributed by atoms with Crippen molar-refractivity contribution in [2.45, 2.75) is 13.3 Å². The number of Topliss-reactive ketones (excluding diaryl/α,β-unsaturated/α-hetero) is 1. The average molecular weight is 168 g/mol. The maximum Gasteiger partial charge on any atom is 0.313 e. The summed E-state index contributed by atoms with van der Waals surface area (Å²) in [5.41, 5.74) is 0. The van der Waals surface area contributed by atoms with Gasteiger partial charge in [-0.15, -0.1) is 0 Å². The molecule has 0 aromatic carbocycles. The van der Waals surface area contributed by atoms with E-state index < -0.39 is 5.97 Å². The highest BCUT2D eigenvalue weighted by atomic mass is 16.5. The first-order valence-electron chi connectivity index (χ1n) is 3.59. The Bertz CT molecular complexity index is 204. The van der Waals surface area contributed by atoms with Crippen molar-refractivity contribution in [3.8, 4) is 0 Å². The Hall–Kier alpha value is -1.38. The van der Waals surface area contributed by atoms with Gasteiger partial charge in [-0.1, -0.05) is 18.7 Å². The van der Waals surface area contributed by atoms with E-state index in [1.807, 2.05) is 0 Å². The van der Waals surface area contributed by atoms with Crippen LogP contribution in [0.5, 0.6) is 0 Å². The molecule has 0 aromatic rings. The molecule has 0 saturated heterocycles. The van der Waals surface area contributed by atoms with Gasteiger partial charge in [-0.25, -0.2) is 0 Å². The first-order chi connectivity index (χ1) is 5.66. The zero-order valence-electron chi connectivity index (χ0n) is 7.08. The monoisotopic (exact) mass is 168 g/mol. The maximum atomic E-state index is 10.7. The van der Waals surface area contributed by atoms with Gasteiger partial charge in [0.2, 0.25) is 0 Å². The molecular formula is C9H12O3. The molecule has 0 rings (SSSR count). The van der Waals surface area contributed by atoms with E-state index in [0.717, 1.165) is 0 Å². The van der Waals surface area contributed by atoms with E-state index in [9.17, 15) is 9.59 Å². The Morgan fingerprint density at radius 3 is 2.67 bits per heavy atom. The maximum absolute atomic E-state index is 10.7. The number of ketones is 1. The fraction of sp³-hybridized carbons (Fsp3) is 0.333. The molecule has 0 amide bonds. The van der Waals surface area contributed by atoms with E-state index in [0.29, 0.717) is 0 Å². The summed E-state index contributed by atoms with van der Waals surface area (Å²) in [5, 5.41) is 0. The number of hydrogen-bond donors (Lipinski definition) is 0. The standard InChI is InChI=1S/C9H12O3/c1-3-4-5-6-12-9(11)7-8(2)10/h3-5H,1,6-7H2,2H3. The highest BCUT2D eigenvalue weighted by Crippen LogP contribution is 1.88. The van der Waals surface area contributed by atoms with Crippen LogP contribution in [0.2, 0.25) is 0 Å². The molecule has 0 saturated carbocycles. The van der Waals surface area contributed by atoms with Crippen molar-refractivity contribution in [2.24, 2.45) is 0 Å². The fourth-order valence-electron chi connectivity index (χ4n) is 0.547. The first kappa shape index (κ1) is 10.6. The van der Waals surface area contributed by atoms with Gasteiger partial charge < -0.3 is 4.74 Å². The van der Waals surface area contributed by atoms with E-state index in [2.05, 4.69) is 11.3 Å². The Morgan fingerprint density at radius 1 is 1.50 bits per heavy atom. The van der Waals surface area contributed by atoms with Gasteiger partial charge >= 0.3 is 5.97 Å². The second-order valence-corrected chi connectivity index (χ2v) is 2.23. The summed E-state index contributed by atoms with van der Waals surface area (Å²) in [6.45, 7) is 4.98. The van der Waals surface area contributed by atoms with Crippen LogP contribution in [0.15, 0.2) is 24.8 Å². The zero-order valence-corrected chi connectivity index (χ0v) is 7.08. The minimum Gasteiger partial charge on any atom is -0.461 e. The quantitative estimate of drug-likeness (QED) is 0.352. The van der Waals surface area contributed by atoms with Gasteiger partial charge in [0.25, 0.3) is 0 Å². The number of rotatable bonds is 5. The number of carbonyl (C=O) groups is 2. The second kappa shape index (κ2) is 6.34. The third-order valence-electron chi connectivity index (χ3n) is 1.01. The lowest BCUT2D eigenvalue weighted by atomic mass is 10.3. The molecule has 0 atom stereocenters. The summed E-state index contributed by atoms with van der Waals surface area (Å²) in [4.78, 5) is 21.1. The first-order valence-corrected chi connectivity index (χ1v) is 3.59. The van der Waals surface area contributed by atoms with Crippen molar-refractivity contribution >= 4 is 11.8 Å². The van der Waals surface area contributed by atoms with Crippen molar-refractivity contribution in [1.29, 1.82) is 0 Å². The number of carbonyl (C=O) groups excluding carboxylic acids is 2. The third-order valence-corrected chi connectivity index (χ3v) is 1.01. The van der Waals surface area contributed by atoms with Crippen LogP contribution >= 0.6 is 0 Å². The molecule has 0 fully saturated rings. The lowest BCUT2D eigenvalue weighted by molar-refractivity contribution is -0.144. The zero-order chi connectivity index (χ0) is 9.40. The van der Waals surface area contributed by atoms with E-state index >= 15 is 0 Å². The van der Waals surface area contributed by atoms with Gasteiger partial charge in [0.1, 0.15) is 18.8 Å². The highest BCUT2D eigenvalue weighted by molar-refractivity contribution is 5.94. The van der Waals surface area contributed by atoms with Gasteiger partial charge in [-0.2, -0.15) is 0 Å². The highest BCUT2D eigenvalue weighted by Gasteiger charge is 2.03. The fourth-order valence-corrected chi connectivity index (χ4v) is 0.547. The number of ether oxygens (including phenoxy) is 1. The summed E-state index contributed by atoms with van der Waals surface area (Å²) in [5.74, 6) is -0.677. The smallest absolute Gasteiger partial charge is 0.313 e. The minimum atomic E-state index is -0.490. The number of hydrogen-bond acceptors (Lipinski definition) is 3. The molecule has 0 bridgehead atoms. The van der Waals surface area contributed by atoms with Gasteiger partial charge in [0.05, 0.1) is 0 Å². The van der Waals surface area contributed by atoms with Crippen molar-refractivity contribution in [3.63, 3.8) is 0 Å². The summed E-state index contributed by atoms with van der Waals surface area (Å²) in [6.07, 6.45) is 4.74. The van der Waals surface area contributed by atoms with Crippen LogP contribution in [0.1, 0.15) is 13.3 Å². The Kier molecular flexibility index (Phi) is 5.61. The van der Waals surface area contributed by atoms with Crippen molar-refractivity contribution in [1.82, 2.24) is 0 Å². The molecule has 0 unspecified atom stereocenters. The molecule has 0 radical (unpaired) electrons. The van der Waals surface area contributed by atoms with Crippen molar-refractivity contribution in [3.05, 3.63) is 24.8 Å². The van der Waals surface area contributed by atoms with Crippen LogP contribution in [0, 0.1) is 0 Å². The van der Waals surface area contributed by atoms with Crippen LogP contribution < -0.4 is 0 Å². The van der Waals surface area contributed by atoms with Gasteiger partial charge in [0.15, 0.2) is 0 Å². The predicted molar refractivity (Wildman–Crippen MR) is 45.6 cm³/mol. The van der Waals surface area contributed by atoms with Gasteiger partial charge in [-0.05, 0) is 13.0 Å². The van der Waals surface area contributed by atoms with Crippen LogP contribution in [0.3, 0.4) is 0 Å². The third kappa shape index (κ3) is 6.74. The SMILES string of the molecule is C=CC=CCOC(=O)CC(C)=O. The molecule has 3 nitrogen and oxygen atoms in total. The molecule has 0 aromatic heterocycles. The van der Waals surface area contributed by atoms with E-state index in [-0.39, 0.29) is 18.8 Å². The van der Waals surface area contributed by atoms with Crippen LogP contribution in [-0.2, 0) is 14.3 Å². The molecule has 0 aliphatic carbocycles. The number of esters is 1. The van der Waals surface area contributed by atoms with Crippen molar-refractivity contribution in [2.75, 3.05) is 6.61 Å². The van der Waals surface area contributed by atoms with Gasteiger partial charge in [0, 0.05) is 0 Å². The van der Waals surface area contributed by atoms with Gasteiger partial charge in [-0.3, -0.25) is 9.59 Å². The molecule has 0 N–H and O–H groups in total. The largest absolute Gasteiger partial charge is 0.461 e. The second-order valence-electron chi connectivity index (χ2n) is 2.23. The summed E-state index contributed by atoms with van der Waals surface area (Å²) >= 11 is 0. The summed E-state index contributed by atoms with van der Waals surface area (Å²) < 4.78 is 4.66. The Balaban J connectivity index is 3.50. The normalized spacial score (nSPS) is 9.75. The topological polar surface area (TPSA) is 43.4 Å². The average Bonchev–Trinajstić information content (AvgIpc) is 1.97. The molecule has 0 heterocycles. The van der Waals surface area contributed by atoms with Crippen molar-refractivity contribution < 1.29 is 14.3 Å². The van der Waals surface area contributed by atoms with Crippen LogP contribution in [-0.4, -0.2) is 18.4 Å². The van der Waals surface area contributed by atoms with E-state index in [1.54, 1.807) is 18.2 Å². The van der Waals surface area contributed by atoms with E-state index in [4.69, 9.17) is 0 Å². The molecular weight excluding hydrogens is 156 g/mol. The molecule has 0 aliphatic rings. The Morgan fingerprint density at radius 2 is 2.17 bits per heavy atom. The molecule has 3 heteroatoms. The minimum absolute atomic E-state index is 0.151. The van der Waals surface area contributed by atoms with Crippen LogP contribution in [0.4, 0.5) is 0 Å². The lowest BCUT2D eigenvalue weighted by Crippen LogP contribution is -2.08. The summed E-state index contributed by atoms with van der Waals surface area (Å²) in [6, 6.07) is 0. The van der Waals surface area contributed by atoms with Crippen LogP contribution in [0.25, 0.3) is 0 Å². The molecule has 12 heavy (non-hydrogen) atoms. The molecule has 0 aliphatic heterocycles. The Labute approximate surface area is 71.7 Å².